The second-order valence-corrected chi connectivity index (χ2v) is 12.1. The third kappa shape index (κ3) is 9.14. The van der Waals surface area contributed by atoms with Gasteiger partial charge in [-0.15, -0.1) is 0 Å². The van der Waals surface area contributed by atoms with Crippen molar-refractivity contribution in [3.63, 3.8) is 0 Å². The molecule has 0 aliphatic rings. The molecule has 3 unspecified atom stereocenters. The summed E-state index contributed by atoms with van der Waals surface area (Å²) in [5.74, 6) is -59.9. The van der Waals surface area contributed by atoms with Crippen molar-refractivity contribution in [3.05, 3.63) is 0 Å². The van der Waals surface area contributed by atoms with Crippen molar-refractivity contribution < 1.29 is 84.1 Å². The second-order valence-electron chi connectivity index (χ2n) is 12.1. The Kier molecular flexibility index (Phi) is 16.0. The number of ether oxygens (including phenoxy) is 2. The number of halogens is 17. The van der Waals surface area contributed by atoms with E-state index >= 15 is 0 Å². The van der Waals surface area contributed by atoms with Gasteiger partial charge in [-0.25, -0.2) is 0 Å². The Morgan fingerprint density at radius 3 is 1.17 bits per heavy atom. The largest absolute Gasteiger partial charge is 0.460 e. The molecule has 0 bridgehead atoms. The molecular formula is C29H43F17O2. The van der Waals surface area contributed by atoms with Crippen molar-refractivity contribution in [2.24, 2.45) is 5.92 Å². The van der Waals surface area contributed by atoms with Crippen molar-refractivity contribution in [2.75, 3.05) is 0 Å². The summed E-state index contributed by atoms with van der Waals surface area (Å²) in [4.78, 5) is 0. The van der Waals surface area contributed by atoms with Gasteiger partial charge in [-0.1, -0.05) is 66.2 Å². The highest BCUT2D eigenvalue weighted by molar-refractivity contribution is 5.15. The molecule has 0 amide bonds. The molecule has 0 spiro atoms. The van der Waals surface area contributed by atoms with Crippen LogP contribution in [0.5, 0.6) is 0 Å². The molecule has 0 fully saturated rings. The van der Waals surface area contributed by atoms with Gasteiger partial charge in [-0.05, 0) is 33.1 Å². The molecular weight excluding hydrogens is 703 g/mol. The van der Waals surface area contributed by atoms with Gasteiger partial charge in [0.1, 0.15) is 0 Å². The van der Waals surface area contributed by atoms with Gasteiger partial charge in [0.15, 0.2) is 5.79 Å². The highest BCUT2D eigenvalue weighted by atomic mass is 19.4. The normalized spacial score (nSPS) is 18.1. The predicted octanol–water partition coefficient (Wildman–Crippen LogP) is 12.5. The Bertz CT molecular complexity index is 954. The first kappa shape index (κ1) is 46.7. The summed E-state index contributed by atoms with van der Waals surface area (Å²) in [6, 6.07) is 0. The first-order chi connectivity index (χ1) is 21.3. The molecule has 0 rings (SSSR count). The van der Waals surface area contributed by atoms with Crippen molar-refractivity contribution >= 4 is 0 Å². The van der Waals surface area contributed by atoms with Crippen LogP contribution in [0.1, 0.15) is 112 Å². The van der Waals surface area contributed by atoms with E-state index in [-0.39, 0.29) is 19.3 Å². The van der Waals surface area contributed by atoms with Gasteiger partial charge in [-0.2, -0.15) is 74.6 Å². The maximum atomic E-state index is 15.0. The SMILES string of the molecule is CCCCCCCCC(C)C(CCC(F)(F)C(F)(F)C(F)(F)C(F)(F)C(F)(F)C(F)(F)C(F)(F)C(F)(F)F)(OC(C)CC)OC(C)CC. The zero-order valence-electron chi connectivity index (χ0n) is 27.3. The van der Waals surface area contributed by atoms with Gasteiger partial charge in [0.2, 0.25) is 0 Å². The summed E-state index contributed by atoms with van der Waals surface area (Å²) in [5.41, 5.74) is 0. The molecule has 19 heteroatoms. The number of hydrogen-bond acceptors (Lipinski definition) is 2. The lowest BCUT2D eigenvalue weighted by atomic mass is 9.85. The van der Waals surface area contributed by atoms with Gasteiger partial charge in [-0.3, -0.25) is 0 Å². The summed E-state index contributed by atoms with van der Waals surface area (Å²) < 4.78 is 246. The molecule has 0 aliphatic heterocycles. The van der Waals surface area contributed by atoms with Gasteiger partial charge in [0.05, 0.1) is 12.2 Å². The van der Waals surface area contributed by atoms with Gasteiger partial charge >= 0.3 is 47.6 Å². The van der Waals surface area contributed by atoms with E-state index in [1.807, 2.05) is 6.92 Å². The van der Waals surface area contributed by atoms with E-state index in [4.69, 9.17) is 9.47 Å². The Labute approximate surface area is 268 Å². The lowest BCUT2D eigenvalue weighted by molar-refractivity contribution is -0.462. The number of unbranched alkanes of at least 4 members (excludes halogenated alkanes) is 5. The van der Waals surface area contributed by atoms with Crippen molar-refractivity contribution in [2.45, 2.75) is 178 Å². The molecule has 0 saturated carbocycles. The molecule has 290 valence electrons. The Morgan fingerprint density at radius 1 is 0.438 bits per heavy atom. The Balaban J connectivity index is 6.79. The summed E-state index contributed by atoms with van der Waals surface area (Å²) in [6.45, 7) is 9.21. The zero-order chi connectivity index (χ0) is 38.4. The average molecular weight is 747 g/mol. The fraction of sp³-hybridized carbons (Fsp3) is 1.00. The molecule has 0 aromatic rings. The quantitative estimate of drug-likeness (QED) is 0.0589. The van der Waals surface area contributed by atoms with Crippen molar-refractivity contribution in [3.8, 4) is 0 Å². The summed E-state index contributed by atoms with van der Waals surface area (Å²) in [5, 5.41) is 0. The monoisotopic (exact) mass is 746 g/mol. The van der Waals surface area contributed by atoms with Crippen LogP contribution in [0.4, 0.5) is 74.6 Å². The molecule has 3 atom stereocenters. The minimum absolute atomic E-state index is 0.115. The summed E-state index contributed by atoms with van der Waals surface area (Å²) in [7, 11) is 0. The Morgan fingerprint density at radius 2 is 0.792 bits per heavy atom. The average Bonchev–Trinajstić information content (AvgIpc) is 2.96. The van der Waals surface area contributed by atoms with Crippen molar-refractivity contribution in [1.29, 1.82) is 0 Å². The van der Waals surface area contributed by atoms with Gasteiger partial charge < -0.3 is 9.47 Å². The number of rotatable bonds is 23. The van der Waals surface area contributed by atoms with E-state index in [1.165, 1.54) is 20.8 Å². The third-order valence-corrected chi connectivity index (χ3v) is 8.27. The molecule has 0 saturated heterocycles. The second kappa shape index (κ2) is 16.4. The summed E-state index contributed by atoms with van der Waals surface area (Å²) >= 11 is 0. The van der Waals surface area contributed by atoms with E-state index in [1.54, 1.807) is 13.8 Å². The third-order valence-electron chi connectivity index (χ3n) is 8.27. The molecule has 0 heterocycles. The van der Waals surface area contributed by atoms with E-state index in [2.05, 4.69) is 0 Å². The molecule has 0 aromatic carbocycles. The smallest absolute Gasteiger partial charge is 0.347 e. The molecule has 2 nitrogen and oxygen atoms in total. The van der Waals surface area contributed by atoms with Crippen LogP contribution in [0.15, 0.2) is 0 Å². The maximum Gasteiger partial charge on any atom is 0.460 e. The molecule has 48 heavy (non-hydrogen) atoms. The highest BCUT2D eigenvalue weighted by Crippen LogP contribution is 2.64. The lowest BCUT2D eigenvalue weighted by Crippen LogP contribution is -2.74. The van der Waals surface area contributed by atoms with E-state index in [9.17, 15) is 74.6 Å². The van der Waals surface area contributed by atoms with Crippen LogP contribution in [0.3, 0.4) is 0 Å². The fourth-order valence-corrected chi connectivity index (χ4v) is 4.61. The molecule has 0 radical (unpaired) electrons. The van der Waals surface area contributed by atoms with Crippen LogP contribution in [0.25, 0.3) is 0 Å². The van der Waals surface area contributed by atoms with E-state index in [0.29, 0.717) is 12.8 Å². The predicted molar refractivity (Wildman–Crippen MR) is 141 cm³/mol. The van der Waals surface area contributed by atoms with Crippen LogP contribution in [0.2, 0.25) is 0 Å². The minimum Gasteiger partial charge on any atom is -0.347 e. The standard InChI is InChI=1S/C29H43F17O2/c1-7-10-11-12-13-14-15-18(4)21(47-19(5)8-2,48-20(6)9-3)16-17-22(30,31)23(32,33)24(34,35)25(36,37)26(38,39)27(40,41)28(42,43)29(44,45)46/h18-20H,7-17H2,1-6H3. The maximum absolute atomic E-state index is 15.0. The van der Waals surface area contributed by atoms with Gasteiger partial charge in [0.25, 0.3) is 0 Å². The molecule has 0 aromatic heterocycles. The zero-order valence-corrected chi connectivity index (χ0v) is 27.3. The lowest BCUT2D eigenvalue weighted by Gasteiger charge is -2.45. The van der Waals surface area contributed by atoms with Crippen molar-refractivity contribution in [1.82, 2.24) is 0 Å². The van der Waals surface area contributed by atoms with Crippen LogP contribution < -0.4 is 0 Å². The fourth-order valence-electron chi connectivity index (χ4n) is 4.61. The molecule has 0 N–H and O–H groups in total. The van der Waals surface area contributed by atoms with Crippen LogP contribution in [0, 0.1) is 5.92 Å². The number of alkyl halides is 17. The topological polar surface area (TPSA) is 18.5 Å². The van der Waals surface area contributed by atoms with E-state index < -0.39 is 84.4 Å². The Hall–Kier alpha value is -1.27. The van der Waals surface area contributed by atoms with Gasteiger partial charge in [0, 0.05) is 18.8 Å². The first-order valence-corrected chi connectivity index (χ1v) is 15.4. The van der Waals surface area contributed by atoms with Crippen LogP contribution >= 0.6 is 0 Å². The molecule has 0 aliphatic carbocycles. The summed E-state index contributed by atoms with van der Waals surface area (Å²) in [6.07, 6.45) is -8.78. The van der Waals surface area contributed by atoms with E-state index in [0.717, 1.165) is 25.7 Å². The number of hydrogen-bond donors (Lipinski definition) is 0. The first-order valence-electron chi connectivity index (χ1n) is 15.4. The highest BCUT2D eigenvalue weighted by Gasteiger charge is 2.95. The van der Waals surface area contributed by atoms with Crippen LogP contribution in [-0.2, 0) is 9.47 Å². The minimum atomic E-state index is -8.66. The van der Waals surface area contributed by atoms with Crippen LogP contribution in [-0.4, -0.2) is 65.6 Å².